The van der Waals surface area contributed by atoms with Gasteiger partial charge in [-0.05, 0) is 47.3 Å². The van der Waals surface area contributed by atoms with Gasteiger partial charge in [-0.3, -0.25) is 9.59 Å². The number of halogens is 1. The summed E-state index contributed by atoms with van der Waals surface area (Å²) in [4.78, 5) is 27.5. The second-order valence-electron chi connectivity index (χ2n) is 4.84. The Morgan fingerprint density at radius 1 is 1.40 bits per heavy atom. The first-order valence-corrected chi connectivity index (χ1v) is 7.29. The monoisotopic (exact) mass is 342 g/mol. The Bertz CT molecular complexity index is 513. The Morgan fingerprint density at radius 2 is 2.00 bits per heavy atom. The van der Waals surface area contributed by atoms with Gasteiger partial charge < -0.3 is 10.4 Å². The summed E-state index contributed by atoms with van der Waals surface area (Å²) < 4.78 is 0.859. The van der Waals surface area contributed by atoms with Gasteiger partial charge in [0.05, 0.1) is 5.41 Å². The van der Waals surface area contributed by atoms with Crippen molar-refractivity contribution in [3.8, 4) is 0 Å². The van der Waals surface area contributed by atoms with Gasteiger partial charge >= 0.3 is 5.97 Å². The van der Waals surface area contributed by atoms with Crippen LogP contribution in [0.25, 0.3) is 0 Å². The van der Waals surface area contributed by atoms with Crippen LogP contribution in [0.3, 0.4) is 0 Å². The van der Waals surface area contributed by atoms with Crippen LogP contribution in [-0.4, -0.2) is 22.0 Å². The first kappa shape index (κ1) is 16.6. The molecular formula is C14H19BrN2O3. The predicted octanol–water partition coefficient (Wildman–Crippen LogP) is 3.37. The highest BCUT2D eigenvalue weighted by molar-refractivity contribution is 9.10. The van der Waals surface area contributed by atoms with Gasteiger partial charge in [0.25, 0.3) is 0 Å². The van der Waals surface area contributed by atoms with Crippen LogP contribution in [0.1, 0.15) is 38.7 Å². The number of aryl methyl sites for hydroxylation is 1. The molecule has 0 aromatic carbocycles. The Morgan fingerprint density at radius 3 is 2.45 bits per heavy atom. The molecule has 0 fully saturated rings. The van der Waals surface area contributed by atoms with E-state index in [1.165, 1.54) is 0 Å². The lowest BCUT2D eigenvalue weighted by Gasteiger charge is -2.25. The van der Waals surface area contributed by atoms with Gasteiger partial charge in [0.1, 0.15) is 5.82 Å². The summed E-state index contributed by atoms with van der Waals surface area (Å²) in [6, 6.07) is 1.74. The first-order chi connectivity index (χ1) is 9.34. The van der Waals surface area contributed by atoms with E-state index in [9.17, 15) is 14.7 Å². The molecule has 0 bridgehead atoms. The maximum atomic E-state index is 12.0. The van der Waals surface area contributed by atoms with Crippen molar-refractivity contribution in [1.82, 2.24) is 4.98 Å². The fraction of sp³-hybridized carbons (Fsp3) is 0.500. The smallest absolute Gasteiger partial charge is 0.310 e. The molecule has 0 aliphatic rings. The molecule has 0 saturated heterocycles. The molecule has 1 amide bonds. The van der Waals surface area contributed by atoms with Crippen molar-refractivity contribution in [2.24, 2.45) is 5.41 Å². The fourth-order valence-electron chi connectivity index (χ4n) is 1.98. The lowest BCUT2D eigenvalue weighted by molar-refractivity contribution is -0.151. The third-order valence-electron chi connectivity index (χ3n) is 3.62. The third-order valence-corrected chi connectivity index (χ3v) is 4.45. The molecule has 6 heteroatoms. The van der Waals surface area contributed by atoms with Crippen LogP contribution in [0.5, 0.6) is 0 Å². The molecule has 5 nitrogen and oxygen atoms in total. The molecule has 1 heterocycles. The van der Waals surface area contributed by atoms with Crippen LogP contribution in [0.2, 0.25) is 0 Å². The molecule has 0 saturated carbocycles. The average Bonchev–Trinajstić information content (AvgIpc) is 2.40. The van der Waals surface area contributed by atoms with E-state index in [4.69, 9.17) is 0 Å². The van der Waals surface area contributed by atoms with Crippen molar-refractivity contribution in [3.05, 3.63) is 22.3 Å². The second kappa shape index (κ2) is 6.83. The molecule has 0 aliphatic carbocycles. The van der Waals surface area contributed by atoms with Crippen molar-refractivity contribution in [2.75, 3.05) is 5.32 Å². The average molecular weight is 343 g/mol. The van der Waals surface area contributed by atoms with E-state index in [2.05, 4.69) is 26.2 Å². The topological polar surface area (TPSA) is 79.3 Å². The van der Waals surface area contributed by atoms with Crippen molar-refractivity contribution in [1.29, 1.82) is 0 Å². The number of aromatic nitrogens is 1. The maximum absolute atomic E-state index is 12.0. The zero-order valence-corrected chi connectivity index (χ0v) is 13.5. The quantitative estimate of drug-likeness (QED) is 0.830. The van der Waals surface area contributed by atoms with Gasteiger partial charge in [0.15, 0.2) is 0 Å². The third kappa shape index (κ3) is 3.79. The highest BCUT2D eigenvalue weighted by Crippen LogP contribution is 2.31. The molecule has 1 rings (SSSR count). The van der Waals surface area contributed by atoms with Crippen LogP contribution in [-0.2, 0) is 9.59 Å². The highest BCUT2D eigenvalue weighted by atomic mass is 79.9. The number of aliphatic carboxylic acids is 1. The van der Waals surface area contributed by atoms with Gasteiger partial charge in [-0.1, -0.05) is 13.8 Å². The minimum absolute atomic E-state index is 0.0495. The fourth-order valence-corrected chi connectivity index (χ4v) is 2.20. The lowest BCUT2D eigenvalue weighted by atomic mass is 9.79. The van der Waals surface area contributed by atoms with Crippen molar-refractivity contribution >= 4 is 33.6 Å². The number of carbonyl (C=O) groups is 2. The molecule has 1 aromatic heterocycles. The normalized spacial score (nSPS) is 11.2. The summed E-state index contributed by atoms with van der Waals surface area (Å²) in [6.45, 7) is 5.46. The zero-order chi connectivity index (χ0) is 15.3. The summed E-state index contributed by atoms with van der Waals surface area (Å²) in [6.07, 6.45) is 2.39. The lowest BCUT2D eigenvalue weighted by Crippen LogP contribution is -2.34. The number of hydrogen-bond donors (Lipinski definition) is 2. The first-order valence-electron chi connectivity index (χ1n) is 6.50. The Balaban J connectivity index is 2.80. The van der Waals surface area contributed by atoms with E-state index in [-0.39, 0.29) is 12.3 Å². The van der Waals surface area contributed by atoms with Crippen LogP contribution < -0.4 is 5.32 Å². The second-order valence-corrected chi connectivity index (χ2v) is 5.69. The summed E-state index contributed by atoms with van der Waals surface area (Å²) in [5, 5.41) is 12.0. The van der Waals surface area contributed by atoms with Crippen molar-refractivity contribution in [3.63, 3.8) is 0 Å². The molecule has 1 aromatic rings. The van der Waals surface area contributed by atoms with Crippen molar-refractivity contribution in [2.45, 2.75) is 40.0 Å². The number of carboxylic acid groups (broad SMARTS) is 1. The summed E-state index contributed by atoms with van der Waals surface area (Å²) >= 11 is 3.33. The predicted molar refractivity (Wildman–Crippen MR) is 80.6 cm³/mol. The molecule has 2 N–H and O–H groups in total. The number of rotatable bonds is 6. The molecule has 0 spiro atoms. The maximum Gasteiger partial charge on any atom is 0.310 e. The van der Waals surface area contributed by atoms with Crippen LogP contribution >= 0.6 is 15.9 Å². The number of hydrogen-bond acceptors (Lipinski definition) is 3. The molecular weight excluding hydrogens is 324 g/mol. The van der Waals surface area contributed by atoms with Crippen LogP contribution in [0.15, 0.2) is 16.7 Å². The number of nitrogens with zero attached hydrogens (tertiary/aromatic N) is 1. The molecule has 0 aliphatic heterocycles. The number of pyridine rings is 1. The minimum Gasteiger partial charge on any atom is -0.481 e. The van der Waals surface area contributed by atoms with Gasteiger partial charge in [0, 0.05) is 17.1 Å². The van der Waals surface area contributed by atoms with Gasteiger partial charge in [-0.15, -0.1) is 0 Å². The van der Waals surface area contributed by atoms with Crippen LogP contribution in [0, 0.1) is 12.3 Å². The molecule has 110 valence electrons. The van der Waals surface area contributed by atoms with E-state index < -0.39 is 11.4 Å². The van der Waals surface area contributed by atoms with Crippen LogP contribution in [0.4, 0.5) is 5.82 Å². The summed E-state index contributed by atoms with van der Waals surface area (Å²) in [7, 11) is 0. The Kier molecular flexibility index (Phi) is 5.68. The number of nitrogens with one attached hydrogen (secondary N) is 1. The minimum atomic E-state index is -1.01. The molecule has 0 radical (unpaired) electrons. The summed E-state index contributed by atoms with van der Waals surface area (Å²) in [5.74, 6) is -0.829. The number of anilines is 1. The van der Waals surface area contributed by atoms with Gasteiger partial charge in [0.2, 0.25) is 5.91 Å². The van der Waals surface area contributed by atoms with E-state index in [1.807, 2.05) is 6.92 Å². The highest BCUT2D eigenvalue weighted by Gasteiger charge is 2.37. The standard InChI is InChI=1S/C14H19BrN2O3/c1-4-14(5-2,13(19)20)7-12(18)17-11-6-9(3)10(15)8-16-11/h6,8H,4-5,7H2,1-3H3,(H,19,20)(H,16,17,18). The molecule has 0 atom stereocenters. The van der Waals surface area contributed by atoms with E-state index >= 15 is 0 Å². The van der Waals surface area contributed by atoms with E-state index in [0.717, 1.165) is 10.0 Å². The summed E-state index contributed by atoms with van der Waals surface area (Å²) in [5.41, 5.74) is -0.0557. The Labute approximate surface area is 126 Å². The largest absolute Gasteiger partial charge is 0.481 e. The molecule has 0 unspecified atom stereocenters. The van der Waals surface area contributed by atoms with Gasteiger partial charge in [-0.25, -0.2) is 4.98 Å². The Hall–Kier alpha value is -1.43. The van der Waals surface area contributed by atoms with Gasteiger partial charge in [-0.2, -0.15) is 0 Å². The number of amides is 1. The number of carboxylic acids is 1. The molecule has 20 heavy (non-hydrogen) atoms. The zero-order valence-electron chi connectivity index (χ0n) is 11.9. The van der Waals surface area contributed by atoms with E-state index in [0.29, 0.717) is 18.7 Å². The number of carbonyl (C=O) groups excluding carboxylic acids is 1. The van der Waals surface area contributed by atoms with Crippen molar-refractivity contribution < 1.29 is 14.7 Å². The van der Waals surface area contributed by atoms with E-state index in [1.54, 1.807) is 26.1 Å². The SMILES string of the molecule is CCC(CC)(CC(=O)Nc1cc(C)c(Br)cn1)C(=O)O.